The Morgan fingerprint density at radius 3 is 2.35 bits per heavy atom. The molecule has 0 aliphatic carbocycles. The van der Waals surface area contributed by atoms with Gasteiger partial charge in [0.05, 0.1) is 7.11 Å². The first-order valence-corrected chi connectivity index (χ1v) is 7.17. The second-order valence-corrected chi connectivity index (χ2v) is 5.48. The molecule has 1 N–H and O–H groups in total. The van der Waals surface area contributed by atoms with Crippen molar-refractivity contribution in [3.8, 4) is 5.75 Å². The van der Waals surface area contributed by atoms with Crippen LogP contribution in [0.25, 0.3) is 0 Å². The van der Waals surface area contributed by atoms with Crippen molar-refractivity contribution in [3.63, 3.8) is 0 Å². The van der Waals surface area contributed by atoms with Crippen molar-refractivity contribution in [2.45, 2.75) is 19.5 Å². The Kier molecular flexibility index (Phi) is 5.30. The number of rotatable bonds is 5. The normalized spacial score (nSPS) is 12.2. The summed E-state index contributed by atoms with van der Waals surface area (Å²) in [6, 6.07) is 13.7. The summed E-state index contributed by atoms with van der Waals surface area (Å²) in [5.41, 5.74) is 2.23. The predicted octanol–water partition coefficient (Wildman–Crippen LogP) is 4.85. The summed E-state index contributed by atoms with van der Waals surface area (Å²) in [5, 5.41) is 4.91. The van der Waals surface area contributed by atoms with Crippen LogP contribution >= 0.6 is 23.2 Å². The van der Waals surface area contributed by atoms with Gasteiger partial charge in [0.25, 0.3) is 0 Å². The fourth-order valence-corrected chi connectivity index (χ4v) is 2.34. The van der Waals surface area contributed by atoms with E-state index < -0.39 is 0 Å². The summed E-state index contributed by atoms with van der Waals surface area (Å²) in [6.45, 7) is 2.80. The number of halogens is 2. The average molecular weight is 310 g/mol. The van der Waals surface area contributed by atoms with Crippen molar-refractivity contribution in [2.24, 2.45) is 0 Å². The lowest BCUT2D eigenvalue weighted by atomic mass is 10.1. The van der Waals surface area contributed by atoms with Gasteiger partial charge < -0.3 is 10.1 Å². The maximum absolute atomic E-state index is 6.03. The SMILES string of the molecule is COc1ccc(Cl)cc1CN[C@H](C)c1ccc(Cl)cc1. The largest absolute Gasteiger partial charge is 0.496 e. The summed E-state index contributed by atoms with van der Waals surface area (Å²) < 4.78 is 5.34. The van der Waals surface area contributed by atoms with E-state index in [2.05, 4.69) is 12.2 Å². The molecule has 0 bridgehead atoms. The van der Waals surface area contributed by atoms with E-state index in [0.717, 1.165) is 16.3 Å². The smallest absolute Gasteiger partial charge is 0.123 e. The van der Waals surface area contributed by atoms with Gasteiger partial charge in [-0.05, 0) is 42.8 Å². The van der Waals surface area contributed by atoms with Gasteiger partial charge in [0.1, 0.15) is 5.75 Å². The number of methoxy groups -OCH3 is 1. The van der Waals surface area contributed by atoms with Crippen LogP contribution in [0.4, 0.5) is 0 Å². The zero-order valence-corrected chi connectivity index (χ0v) is 13.0. The molecule has 106 valence electrons. The molecule has 0 aromatic heterocycles. The average Bonchev–Trinajstić information content (AvgIpc) is 2.45. The molecule has 2 rings (SSSR count). The number of nitrogens with one attached hydrogen (secondary N) is 1. The molecule has 2 aromatic rings. The van der Waals surface area contributed by atoms with E-state index in [1.807, 2.05) is 42.5 Å². The van der Waals surface area contributed by atoms with Crippen LogP contribution in [0.5, 0.6) is 5.75 Å². The van der Waals surface area contributed by atoms with Crippen molar-refractivity contribution in [3.05, 3.63) is 63.6 Å². The molecule has 0 spiro atoms. The zero-order valence-electron chi connectivity index (χ0n) is 11.5. The van der Waals surface area contributed by atoms with Crippen LogP contribution in [0.15, 0.2) is 42.5 Å². The van der Waals surface area contributed by atoms with Crippen molar-refractivity contribution in [1.82, 2.24) is 5.32 Å². The van der Waals surface area contributed by atoms with Crippen molar-refractivity contribution < 1.29 is 4.74 Å². The predicted molar refractivity (Wildman–Crippen MR) is 84.7 cm³/mol. The number of ether oxygens (including phenoxy) is 1. The highest BCUT2D eigenvalue weighted by molar-refractivity contribution is 6.30. The van der Waals surface area contributed by atoms with Crippen LogP contribution in [-0.2, 0) is 6.54 Å². The van der Waals surface area contributed by atoms with Crippen LogP contribution in [0.3, 0.4) is 0 Å². The lowest BCUT2D eigenvalue weighted by Crippen LogP contribution is -2.18. The molecule has 0 unspecified atom stereocenters. The third-order valence-corrected chi connectivity index (χ3v) is 3.70. The highest BCUT2D eigenvalue weighted by atomic mass is 35.5. The van der Waals surface area contributed by atoms with Gasteiger partial charge in [-0.15, -0.1) is 0 Å². The molecule has 4 heteroatoms. The standard InChI is InChI=1S/C16H17Cl2NO/c1-11(12-3-5-14(17)6-4-12)19-10-13-9-15(18)7-8-16(13)20-2/h3-9,11,19H,10H2,1-2H3/t11-/m1/s1. The van der Waals surface area contributed by atoms with E-state index in [0.29, 0.717) is 11.6 Å². The van der Waals surface area contributed by atoms with E-state index in [4.69, 9.17) is 27.9 Å². The first-order valence-electron chi connectivity index (χ1n) is 6.41. The van der Waals surface area contributed by atoms with Gasteiger partial charge in [-0.2, -0.15) is 0 Å². The van der Waals surface area contributed by atoms with Crippen LogP contribution in [0, 0.1) is 0 Å². The Hall–Kier alpha value is -1.22. The molecular formula is C16H17Cl2NO. The number of hydrogen-bond donors (Lipinski definition) is 1. The second-order valence-electron chi connectivity index (χ2n) is 4.61. The van der Waals surface area contributed by atoms with E-state index in [1.54, 1.807) is 7.11 Å². The molecule has 0 heterocycles. The molecule has 0 saturated heterocycles. The minimum absolute atomic E-state index is 0.218. The first-order chi connectivity index (χ1) is 9.60. The summed E-state index contributed by atoms with van der Waals surface area (Å²) in [6.07, 6.45) is 0. The minimum atomic E-state index is 0.218. The molecule has 0 radical (unpaired) electrons. The fourth-order valence-electron chi connectivity index (χ4n) is 2.02. The molecule has 0 fully saturated rings. The summed E-state index contributed by atoms with van der Waals surface area (Å²) in [4.78, 5) is 0. The molecule has 20 heavy (non-hydrogen) atoms. The third-order valence-electron chi connectivity index (χ3n) is 3.21. The fraction of sp³-hybridized carbons (Fsp3) is 0.250. The Balaban J connectivity index is 2.04. The maximum atomic E-state index is 6.03. The molecule has 0 aliphatic heterocycles. The zero-order chi connectivity index (χ0) is 14.5. The van der Waals surface area contributed by atoms with Crippen LogP contribution in [0.2, 0.25) is 10.0 Å². The van der Waals surface area contributed by atoms with Crippen molar-refractivity contribution in [2.75, 3.05) is 7.11 Å². The van der Waals surface area contributed by atoms with Crippen LogP contribution < -0.4 is 10.1 Å². The molecule has 0 amide bonds. The Morgan fingerprint density at radius 1 is 1.05 bits per heavy atom. The molecule has 0 aliphatic rings. The Bertz CT molecular complexity index is 569. The quantitative estimate of drug-likeness (QED) is 0.852. The Labute approximate surface area is 129 Å². The minimum Gasteiger partial charge on any atom is -0.496 e. The molecule has 2 nitrogen and oxygen atoms in total. The van der Waals surface area contributed by atoms with Crippen LogP contribution in [0.1, 0.15) is 24.1 Å². The molecule has 1 atom stereocenters. The summed E-state index contributed by atoms with van der Waals surface area (Å²) >= 11 is 11.9. The molecule has 0 saturated carbocycles. The Morgan fingerprint density at radius 2 is 1.70 bits per heavy atom. The second kappa shape index (κ2) is 6.98. The van der Waals surface area contributed by atoms with E-state index in [-0.39, 0.29) is 6.04 Å². The maximum Gasteiger partial charge on any atom is 0.123 e. The van der Waals surface area contributed by atoms with E-state index in [9.17, 15) is 0 Å². The first kappa shape index (κ1) is 15.2. The van der Waals surface area contributed by atoms with Gasteiger partial charge in [0, 0.05) is 28.2 Å². The molecule has 2 aromatic carbocycles. The molecular weight excluding hydrogens is 293 g/mol. The van der Waals surface area contributed by atoms with Gasteiger partial charge in [-0.25, -0.2) is 0 Å². The summed E-state index contributed by atoms with van der Waals surface area (Å²) in [7, 11) is 1.66. The highest BCUT2D eigenvalue weighted by Crippen LogP contribution is 2.23. The van der Waals surface area contributed by atoms with Crippen molar-refractivity contribution in [1.29, 1.82) is 0 Å². The lowest BCUT2D eigenvalue weighted by Gasteiger charge is -2.16. The lowest BCUT2D eigenvalue weighted by molar-refractivity contribution is 0.406. The van der Waals surface area contributed by atoms with E-state index in [1.165, 1.54) is 5.56 Å². The van der Waals surface area contributed by atoms with Crippen molar-refractivity contribution >= 4 is 23.2 Å². The monoisotopic (exact) mass is 309 g/mol. The van der Waals surface area contributed by atoms with Crippen LogP contribution in [-0.4, -0.2) is 7.11 Å². The van der Waals surface area contributed by atoms with Gasteiger partial charge >= 0.3 is 0 Å². The van der Waals surface area contributed by atoms with Gasteiger partial charge in [-0.3, -0.25) is 0 Å². The van der Waals surface area contributed by atoms with E-state index >= 15 is 0 Å². The highest BCUT2D eigenvalue weighted by Gasteiger charge is 2.08. The summed E-state index contributed by atoms with van der Waals surface area (Å²) in [5.74, 6) is 0.838. The van der Waals surface area contributed by atoms with Gasteiger partial charge in [-0.1, -0.05) is 35.3 Å². The van der Waals surface area contributed by atoms with Gasteiger partial charge in [0.2, 0.25) is 0 Å². The third kappa shape index (κ3) is 3.89. The number of benzene rings is 2. The topological polar surface area (TPSA) is 21.3 Å². The number of hydrogen-bond acceptors (Lipinski definition) is 2. The van der Waals surface area contributed by atoms with Gasteiger partial charge in [0.15, 0.2) is 0 Å².